The minimum atomic E-state index is -4.84. The second kappa shape index (κ2) is 15.0. The van der Waals surface area contributed by atoms with Crippen molar-refractivity contribution in [3.8, 4) is 22.6 Å². The van der Waals surface area contributed by atoms with Gasteiger partial charge >= 0.3 is 79.4 Å². The summed E-state index contributed by atoms with van der Waals surface area (Å²) in [6.07, 6.45) is 0. The van der Waals surface area contributed by atoms with E-state index in [1.165, 1.54) is 84.9 Å². The molecule has 0 unspecified atom stereocenters. The van der Waals surface area contributed by atoms with Crippen molar-refractivity contribution in [2.24, 2.45) is 0 Å². The van der Waals surface area contributed by atoms with E-state index in [-0.39, 0.29) is 91.2 Å². The normalized spacial score (nSPS) is 12.1. The Hall–Kier alpha value is -2.84. The van der Waals surface area contributed by atoms with Crippen molar-refractivity contribution in [2.75, 3.05) is 0 Å². The van der Waals surface area contributed by atoms with Crippen LogP contribution in [0.3, 0.4) is 0 Å². The fourth-order valence-electron chi connectivity index (χ4n) is 4.96. The second-order valence-corrected chi connectivity index (χ2v) is 16.1. The molecule has 0 aliphatic heterocycles. The fraction of sp³-hybridized carbons (Fsp3) is 0. The van der Waals surface area contributed by atoms with Gasteiger partial charge in [0.25, 0.3) is 0 Å². The Kier molecular flexibility index (Phi) is 12.0. The van der Waals surface area contributed by atoms with Crippen molar-refractivity contribution < 1.29 is 110 Å². The number of benzene rings is 6. The molecule has 6 aromatic rings. The number of hydrogen-bond donors (Lipinski definition) is 0. The van der Waals surface area contributed by atoms with Gasteiger partial charge in [-0.2, -0.15) is 16.8 Å². The van der Waals surface area contributed by atoms with E-state index in [2.05, 4.69) is 0 Å². The molecule has 0 atom stereocenters. The van der Waals surface area contributed by atoms with Gasteiger partial charge < -0.3 is 17.5 Å². The predicted molar refractivity (Wildman–Crippen MR) is 171 cm³/mol. The van der Waals surface area contributed by atoms with E-state index < -0.39 is 50.3 Å². The zero-order valence-electron chi connectivity index (χ0n) is 26.1. The van der Waals surface area contributed by atoms with E-state index in [1.807, 2.05) is 0 Å². The van der Waals surface area contributed by atoms with Gasteiger partial charge in [0.2, 0.25) is 0 Å². The predicted octanol–water partition coefficient (Wildman–Crippen LogP) is -0.988. The van der Waals surface area contributed by atoms with Gasteiger partial charge in [0.05, 0.1) is 9.79 Å². The minimum Gasteiger partial charge on any atom is -0.744 e. The average molecular weight is 771 g/mol. The third-order valence-electron chi connectivity index (χ3n) is 7.20. The zero-order valence-corrected chi connectivity index (χ0v) is 33.3. The Morgan fingerprint density at radius 3 is 1.08 bits per heavy atom. The summed E-state index contributed by atoms with van der Waals surface area (Å²) in [5.74, 6) is -0.414. The number of hydrogen-bond acceptors (Lipinski definition) is 12. The molecule has 0 heterocycles. The van der Waals surface area contributed by atoms with Crippen LogP contribution >= 0.6 is 0 Å². The smallest absolute Gasteiger partial charge is 0.744 e. The van der Waals surface area contributed by atoms with Gasteiger partial charge in [0.1, 0.15) is 41.5 Å². The third-order valence-corrected chi connectivity index (χ3v) is 11.5. The molecule has 0 saturated carbocycles. The van der Waals surface area contributed by atoms with Crippen molar-refractivity contribution >= 4 is 62.0 Å². The van der Waals surface area contributed by atoms with Crippen molar-refractivity contribution in [1.82, 2.24) is 0 Å². The Balaban J connectivity index is 0.00000281. The van der Waals surface area contributed by atoms with Crippen LogP contribution in [0.25, 0.3) is 32.7 Å². The zero-order chi connectivity index (χ0) is 34.5. The van der Waals surface area contributed by atoms with Crippen LogP contribution < -0.4 is 67.5 Å². The minimum absolute atomic E-state index is 0. The second-order valence-electron chi connectivity index (χ2n) is 10.3. The van der Waals surface area contributed by atoms with Crippen molar-refractivity contribution in [3.05, 3.63) is 121 Å². The molecule has 0 amide bonds. The molecule has 0 aliphatic rings. The molecule has 18 heteroatoms. The first-order chi connectivity index (χ1) is 22.5. The van der Waals surface area contributed by atoms with Gasteiger partial charge in [-0.15, -0.1) is 0 Å². The molecule has 0 saturated heterocycles. The van der Waals surface area contributed by atoms with Crippen LogP contribution in [0.5, 0.6) is 11.5 Å². The molecular formula is C32H20Na2O12S4. The molecule has 0 aromatic heterocycles. The molecule has 0 radical (unpaired) electrons. The molecule has 0 aliphatic carbocycles. The molecule has 50 heavy (non-hydrogen) atoms. The van der Waals surface area contributed by atoms with Crippen LogP contribution in [0, 0.1) is 0 Å². The van der Waals surface area contributed by atoms with E-state index in [0.29, 0.717) is 21.9 Å². The summed E-state index contributed by atoms with van der Waals surface area (Å²) in [7, 11) is -18.4. The number of fused-ring (bicyclic) bond motifs is 2. The number of rotatable bonds is 9. The van der Waals surface area contributed by atoms with E-state index in [4.69, 9.17) is 8.37 Å². The summed E-state index contributed by atoms with van der Waals surface area (Å²) in [5, 5.41) is 0.805. The summed E-state index contributed by atoms with van der Waals surface area (Å²) in [4.78, 5) is -1.49. The summed E-state index contributed by atoms with van der Waals surface area (Å²) < 4.78 is 132. The molecule has 12 nitrogen and oxygen atoms in total. The molecule has 0 bridgehead atoms. The van der Waals surface area contributed by atoms with E-state index >= 15 is 0 Å². The topological polar surface area (TPSA) is 201 Å². The molecule has 6 aromatic carbocycles. The SMILES string of the molecule is O=S(=O)([O-])c1cccc2ccc(OS(=O)(=O)c3ccc(-c4ccc(S(=O)(=O)Oc5ccc6cccc(S(=O)(=O)[O-])c6c5)cc4)cc3)cc12.[Na+].[Na+]. The maximum Gasteiger partial charge on any atom is 1.00 e. The Bertz CT molecular complexity index is 2490. The first kappa shape index (κ1) is 39.9. The molecule has 246 valence electrons. The monoisotopic (exact) mass is 770 g/mol. The van der Waals surface area contributed by atoms with Crippen molar-refractivity contribution in [1.29, 1.82) is 0 Å². The fourth-order valence-corrected chi connectivity index (χ4v) is 8.19. The maximum absolute atomic E-state index is 13.0. The summed E-state index contributed by atoms with van der Waals surface area (Å²) in [5.41, 5.74) is 1.05. The van der Waals surface area contributed by atoms with Gasteiger partial charge in [0, 0.05) is 10.8 Å². The van der Waals surface area contributed by atoms with Crippen LogP contribution in [-0.4, -0.2) is 42.8 Å². The quantitative estimate of drug-likeness (QED) is 0.0990. The van der Waals surface area contributed by atoms with Gasteiger partial charge in [-0.05, 0) is 82.6 Å². The largest absolute Gasteiger partial charge is 1.00 e. The molecular weight excluding hydrogens is 751 g/mol. The summed E-state index contributed by atoms with van der Waals surface area (Å²) >= 11 is 0. The molecule has 0 fully saturated rings. The first-order valence-electron chi connectivity index (χ1n) is 13.6. The van der Waals surface area contributed by atoms with Crippen LogP contribution in [0.2, 0.25) is 0 Å². The van der Waals surface area contributed by atoms with Crippen LogP contribution in [0.15, 0.2) is 141 Å². The summed E-state index contributed by atoms with van der Waals surface area (Å²) in [6, 6.07) is 26.9. The Morgan fingerprint density at radius 1 is 0.420 bits per heavy atom. The van der Waals surface area contributed by atoms with E-state index in [0.717, 1.165) is 24.3 Å². The van der Waals surface area contributed by atoms with E-state index in [1.54, 1.807) is 12.1 Å². The first-order valence-corrected chi connectivity index (χ1v) is 19.2. The van der Waals surface area contributed by atoms with Gasteiger partial charge in [-0.1, -0.05) is 60.7 Å². The molecule has 6 rings (SSSR count). The van der Waals surface area contributed by atoms with Crippen LogP contribution in [-0.2, 0) is 40.5 Å². The molecule has 0 spiro atoms. The van der Waals surface area contributed by atoms with Crippen LogP contribution in [0.4, 0.5) is 0 Å². The van der Waals surface area contributed by atoms with Crippen molar-refractivity contribution in [2.45, 2.75) is 19.6 Å². The Morgan fingerprint density at radius 2 is 0.760 bits per heavy atom. The standard InChI is InChI=1S/C32H22O12S4.2Na/c33-45(34,35)31-5-1-3-23-7-13-25(19-29(23)31)43-47(39,40)27-15-9-21(10-16-27)22-11-17-28(18-12-22)48(41,42)44-26-14-8-24-4-2-6-32(30(24)20-26)46(36,37)38;;/h1-20H,(H,33,34,35)(H,36,37,38);;/q;2*+1/p-2. The van der Waals surface area contributed by atoms with Crippen molar-refractivity contribution in [3.63, 3.8) is 0 Å². The third kappa shape index (κ3) is 8.61. The van der Waals surface area contributed by atoms with Gasteiger partial charge in [0.15, 0.2) is 0 Å². The van der Waals surface area contributed by atoms with Crippen LogP contribution in [0.1, 0.15) is 0 Å². The maximum atomic E-state index is 13.0. The van der Waals surface area contributed by atoms with E-state index in [9.17, 15) is 42.8 Å². The summed E-state index contributed by atoms with van der Waals surface area (Å²) in [6.45, 7) is 0. The van der Waals surface area contributed by atoms with Gasteiger partial charge in [-0.25, -0.2) is 16.8 Å². The Labute approximate surface area is 332 Å². The molecule has 0 N–H and O–H groups in total. The van der Waals surface area contributed by atoms with Gasteiger partial charge in [-0.3, -0.25) is 0 Å². The average Bonchev–Trinajstić information content (AvgIpc) is 3.03.